The number of aliphatic imine (C=N–C) groups is 1. The lowest BCUT2D eigenvalue weighted by Gasteiger charge is -2.40. The topological polar surface area (TPSA) is 65.5 Å². The highest BCUT2D eigenvalue weighted by Gasteiger charge is 2.45. The molecule has 3 aliphatic heterocycles. The third-order valence-corrected chi connectivity index (χ3v) is 6.21. The van der Waals surface area contributed by atoms with Crippen molar-refractivity contribution in [2.24, 2.45) is 4.99 Å². The fourth-order valence-corrected chi connectivity index (χ4v) is 4.72. The zero-order chi connectivity index (χ0) is 23.4. The molecule has 0 aliphatic carbocycles. The number of benzene rings is 1. The zero-order valence-corrected chi connectivity index (χ0v) is 20.4. The number of carbonyl (C=O) groups excluding carboxylic acids is 2. The molecule has 8 heteroatoms. The first-order valence-electron chi connectivity index (χ1n) is 10.9. The average molecular weight is 459 g/mol. The number of ether oxygens (including phenoxy) is 1. The van der Waals surface area contributed by atoms with Crippen LogP contribution in [0.4, 0.5) is 4.79 Å². The van der Waals surface area contributed by atoms with Crippen LogP contribution in [-0.2, 0) is 10.3 Å². The lowest BCUT2D eigenvalue weighted by molar-refractivity contribution is 0.00901. The van der Waals surface area contributed by atoms with Gasteiger partial charge in [-0.3, -0.25) is 14.7 Å². The van der Waals surface area contributed by atoms with Crippen molar-refractivity contribution in [2.75, 3.05) is 33.2 Å². The molecule has 2 amide bonds. The van der Waals surface area contributed by atoms with Crippen molar-refractivity contribution in [1.82, 2.24) is 14.7 Å². The third-order valence-electron chi connectivity index (χ3n) is 5.98. The van der Waals surface area contributed by atoms with Gasteiger partial charge in [0.15, 0.2) is 0 Å². The van der Waals surface area contributed by atoms with E-state index < -0.39 is 11.1 Å². The summed E-state index contributed by atoms with van der Waals surface area (Å²) in [6.45, 7) is 12.1. The van der Waals surface area contributed by atoms with E-state index in [0.29, 0.717) is 36.8 Å². The van der Waals surface area contributed by atoms with Gasteiger partial charge in [-0.2, -0.15) is 0 Å². The largest absolute Gasteiger partial charge is 0.444 e. The molecule has 0 atom stereocenters. The molecule has 3 heterocycles. The number of likely N-dealkylation sites (N-methyl/N-ethyl adjacent to an activating group) is 1. The van der Waals surface area contributed by atoms with Crippen LogP contribution in [0.2, 0.25) is 5.02 Å². The molecule has 1 aromatic carbocycles. The van der Waals surface area contributed by atoms with Crippen LogP contribution in [0.1, 0.15) is 50.5 Å². The summed E-state index contributed by atoms with van der Waals surface area (Å²) in [4.78, 5) is 36.0. The molecule has 0 N–H and O–H groups in total. The number of hydrogen-bond acceptors (Lipinski definition) is 5. The van der Waals surface area contributed by atoms with E-state index in [-0.39, 0.29) is 18.0 Å². The van der Waals surface area contributed by atoms with E-state index in [2.05, 4.69) is 4.90 Å². The normalized spacial score (nSPS) is 22.7. The second kappa shape index (κ2) is 7.89. The second-order valence-corrected chi connectivity index (χ2v) is 10.8. The predicted molar refractivity (Wildman–Crippen MR) is 125 cm³/mol. The van der Waals surface area contributed by atoms with Crippen molar-refractivity contribution in [3.8, 4) is 0 Å². The van der Waals surface area contributed by atoms with Crippen LogP contribution in [0.3, 0.4) is 0 Å². The molecular formula is C24H31ClN4O3. The first-order chi connectivity index (χ1) is 14.8. The zero-order valence-electron chi connectivity index (χ0n) is 19.6. The minimum atomic E-state index is -0.505. The van der Waals surface area contributed by atoms with Crippen LogP contribution < -0.4 is 0 Å². The number of carbonyl (C=O) groups is 2. The van der Waals surface area contributed by atoms with Gasteiger partial charge in [-0.1, -0.05) is 11.6 Å². The van der Waals surface area contributed by atoms with Crippen molar-refractivity contribution < 1.29 is 14.3 Å². The van der Waals surface area contributed by atoms with Gasteiger partial charge >= 0.3 is 6.09 Å². The Morgan fingerprint density at radius 2 is 1.91 bits per heavy atom. The van der Waals surface area contributed by atoms with Gasteiger partial charge in [0, 0.05) is 42.5 Å². The molecule has 0 saturated carbocycles. The van der Waals surface area contributed by atoms with Crippen LogP contribution in [0, 0.1) is 0 Å². The highest BCUT2D eigenvalue weighted by Crippen LogP contribution is 2.42. The number of halogens is 1. The molecule has 0 spiro atoms. The maximum atomic E-state index is 13.3. The van der Waals surface area contributed by atoms with E-state index in [1.54, 1.807) is 11.0 Å². The van der Waals surface area contributed by atoms with Gasteiger partial charge in [-0.15, -0.1) is 0 Å². The lowest BCUT2D eigenvalue weighted by atomic mass is 9.93. The van der Waals surface area contributed by atoms with Gasteiger partial charge in [0.2, 0.25) is 0 Å². The van der Waals surface area contributed by atoms with Gasteiger partial charge in [-0.25, -0.2) is 4.79 Å². The standard InChI is InChI=1S/C24H31ClN4O3/c1-23(2,3)32-22(31)28-12-17(13-28)26-16-10-18(14-27(6)11-16)29-21(30)19-8-7-15(25)9-20(19)24(29,4)5/h7-10,17H,11-14H2,1-6H3. The molecule has 1 fully saturated rings. The fraction of sp³-hybridized carbons (Fsp3) is 0.542. The Hall–Kier alpha value is -2.38. The van der Waals surface area contributed by atoms with Gasteiger partial charge in [0.05, 0.1) is 17.3 Å². The minimum absolute atomic E-state index is 0.0117. The number of rotatable bonds is 2. The summed E-state index contributed by atoms with van der Waals surface area (Å²) in [6, 6.07) is 5.50. The van der Waals surface area contributed by atoms with Crippen molar-refractivity contribution in [1.29, 1.82) is 0 Å². The van der Waals surface area contributed by atoms with Gasteiger partial charge < -0.3 is 14.5 Å². The molecule has 3 aliphatic rings. The van der Waals surface area contributed by atoms with E-state index in [1.165, 1.54) is 0 Å². The molecule has 1 aromatic rings. The van der Waals surface area contributed by atoms with E-state index in [9.17, 15) is 9.59 Å². The molecular weight excluding hydrogens is 428 g/mol. The van der Waals surface area contributed by atoms with Gasteiger partial charge in [0.25, 0.3) is 5.91 Å². The summed E-state index contributed by atoms with van der Waals surface area (Å²) in [6.07, 6.45) is 1.73. The summed E-state index contributed by atoms with van der Waals surface area (Å²) >= 11 is 6.22. The van der Waals surface area contributed by atoms with Crippen molar-refractivity contribution in [3.63, 3.8) is 0 Å². The smallest absolute Gasteiger partial charge is 0.410 e. The van der Waals surface area contributed by atoms with Crippen LogP contribution in [0.15, 0.2) is 35.0 Å². The van der Waals surface area contributed by atoms with E-state index in [4.69, 9.17) is 21.3 Å². The predicted octanol–water partition coefficient (Wildman–Crippen LogP) is 3.92. The third kappa shape index (κ3) is 4.28. The molecule has 0 radical (unpaired) electrons. The van der Waals surface area contributed by atoms with Crippen LogP contribution in [-0.4, -0.2) is 77.3 Å². The first kappa shape index (κ1) is 22.8. The molecule has 172 valence electrons. The summed E-state index contributed by atoms with van der Waals surface area (Å²) in [7, 11) is 2.02. The molecule has 0 bridgehead atoms. The Morgan fingerprint density at radius 3 is 2.56 bits per heavy atom. The van der Waals surface area contributed by atoms with E-state index in [0.717, 1.165) is 17.0 Å². The van der Waals surface area contributed by atoms with Crippen molar-refractivity contribution in [3.05, 3.63) is 46.1 Å². The maximum Gasteiger partial charge on any atom is 0.410 e. The van der Waals surface area contributed by atoms with E-state index in [1.807, 2.05) is 64.8 Å². The molecule has 7 nitrogen and oxygen atoms in total. The van der Waals surface area contributed by atoms with E-state index >= 15 is 0 Å². The molecule has 4 rings (SSSR count). The summed E-state index contributed by atoms with van der Waals surface area (Å²) < 4.78 is 5.42. The van der Waals surface area contributed by atoms with Gasteiger partial charge in [-0.05, 0) is 71.5 Å². The SMILES string of the molecule is CN1CC(N2C(=O)c3ccc(Cl)cc3C2(C)C)=CC(=NC2CN(C(=O)OC(C)(C)C)C2)C1. The average Bonchev–Trinajstić information content (AvgIpc) is 2.81. The van der Waals surface area contributed by atoms with Crippen molar-refractivity contribution >= 4 is 29.3 Å². The monoisotopic (exact) mass is 458 g/mol. The van der Waals surface area contributed by atoms with Crippen LogP contribution in [0.25, 0.3) is 0 Å². The lowest BCUT2D eigenvalue weighted by Crippen LogP contribution is -2.54. The first-order valence-corrected chi connectivity index (χ1v) is 11.3. The van der Waals surface area contributed by atoms with Gasteiger partial charge in [0.1, 0.15) is 5.60 Å². The fourth-order valence-electron chi connectivity index (χ4n) is 4.55. The maximum absolute atomic E-state index is 13.3. The number of amides is 2. The Kier molecular flexibility index (Phi) is 5.62. The summed E-state index contributed by atoms with van der Waals surface area (Å²) in [5.41, 5.74) is 2.46. The summed E-state index contributed by atoms with van der Waals surface area (Å²) in [5.74, 6) is -0.0117. The number of fused-ring (bicyclic) bond motifs is 1. The van der Waals surface area contributed by atoms with Crippen LogP contribution >= 0.6 is 11.6 Å². The molecule has 0 unspecified atom stereocenters. The molecule has 32 heavy (non-hydrogen) atoms. The Balaban J connectivity index is 1.52. The van der Waals surface area contributed by atoms with Crippen LogP contribution in [0.5, 0.6) is 0 Å². The summed E-state index contributed by atoms with van der Waals surface area (Å²) in [5, 5.41) is 0.628. The quantitative estimate of drug-likeness (QED) is 0.673. The Bertz CT molecular complexity index is 1020. The molecule has 1 saturated heterocycles. The molecule has 0 aromatic heterocycles. The Labute approximate surface area is 194 Å². The number of hydrogen-bond donors (Lipinski definition) is 0. The second-order valence-electron chi connectivity index (χ2n) is 10.4. The highest BCUT2D eigenvalue weighted by molar-refractivity contribution is 6.30. The number of nitrogens with zero attached hydrogens (tertiary/aromatic N) is 4. The number of likely N-dealkylation sites (tertiary alicyclic amines) is 1. The Morgan fingerprint density at radius 1 is 1.22 bits per heavy atom. The minimum Gasteiger partial charge on any atom is -0.444 e. The highest BCUT2D eigenvalue weighted by atomic mass is 35.5. The van der Waals surface area contributed by atoms with Crippen molar-refractivity contribution in [2.45, 2.75) is 51.8 Å².